The van der Waals surface area contributed by atoms with Gasteiger partial charge < -0.3 is 14.5 Å². The van der Waals surface area contributed by atoms with E-state index in [4.69, 9.17) is 9.47 Å². The first-order chi connectivity index (χ1) is 11.2. The molecular formula is C18H31N3O2. The fraction of sp³-hybridized carbons (Fsp3) is 0.556. The van der Waals surface area contributed by atoms with Gasteiger partial charge in [0, 0.05) is 39.5 Å². The highest BCUT2D eigenvalue weighted by Gasteiger charge is 2.12. The second kappa shape index (κ2) is 10.8. The van der Waals surface area contributed by atoms with Crippen LogP contribution in [0.1, 0.15) is 46.6 Å². The van der Waals surface area contributed by atoms with Crippen LogP contribution >= 0.6 is 0 Å². The summed E-state index contributed by atoms with van der Waals surface area (Å²) in [5.74, 6) is 1.74. The van der Waals surface area contributed by atoms with Gasteiger partial charge in [-0.2, -0.15) is 0 Å². The minimum atomic E-state index is 0. The molecule has 0 unspecified atom stereocenters. The predicted molar refractivity (Wildman–Crippen MR) is 96.0 cm³/mol. The zero-order chi connectivity index (χ0) is 17.1. The maximum Gasteiger partial charge on any atom is 0.123 e. The highest BCUT2D eigenvalue weighted by molar-refractivity contribution is 5.59. The Bertz CT molecular complexity index is 573. The minimum absolute atomic E-state index is 0. The summed E-state index contributed by atoms with van der Waals surface area (Å²) < 4.78 is 10.7. The van der Waals surface area contributed by atoms with Gasteiger partial charge in [-0.05, 0) is 19.4 Å². The van der Waals surface area contributed by atoms with Gasteiger partial charge in [-0.25, -0.2) is 4.98 Å². The molecule has 5 heteroatoms. The van der Waals surface area contributed by atoms with Crippen LogP contribution in [0.5, 0.6) is 5.75 Å². The highest BCUT2D eigenvalue weighted by Crippen LogP contribution is 2.24. The number of nitrogens with one attached hydrogen (secondary N) is 1. The van der Waals surface area contributed by atoms with Crippen molar-refractivity contribution < 1.29 is 10.9 Å². The van der Waals surface area contributed by atoms with E-state index in [0.717, 1.165) is 47.9 Å². The van der Waals surface area contributed by atoms with Gasteiger partial charge in [-0.3, -0.25) is 4.98 Å². The van der Waals surface area contributed by atoms with Crippen molar-refractivity contribution in [1.29, 1.82) is 0 Å². The van der Waals surface area contributed by atoms with Gasteiger partial charge in [0.1, 0.15) is 17.3 Å². The number of methoxy groups -OCH3 is 1. The van der Waals surface area contributed by atoms with E-state index in [1.807, 2.05) is 32.9 Å². The summed E-state index contributed by atoms with van der Waals surface area (Å²) in [5, 5.41) is 0. The van der Waals surface area contributed by atoms with Crippen LogP contribution in [0.4, 0.5) is 0 Å². The van der Waals surface area contributed by atoms with Crippen LogP contribution in [0.15, 0.2) is 18.3 Å². The number of rotatable bonds is 8. The third kappa shape index (κ3) is 6.02. The molecule has 0 radical (unpaired) electrons. The first-order valence-corrected chi connectivity index (χ1v) is 8.38. The molecule has 0 aromatic carbocycles. The summed E-state index contributed by atoms with van der Waals surface area (Å²) in [6, 6.07) is 3.82. The van der Waals surface area contributed by atoms with Gasteiger partial charge in [0.05, 0.1) is 12.3 Å². The molecule has 0 aliphatic heterocycles. The zero-order valence-corrected chi connectivity index (χ0v) is 15.0. The van der Waals surface area contributed by atoms with E-state index < -0.39 is 0 Å². The van der Waals surface area contributed by atoms with Crippen LogP contribution < -0.4 is 4.74 Å². The maximum atomic E-state index is 5.72. The molecule has 0 bridgehead atoms. The highest BCUT2D eigenvalue weighted by atomic mass is 16.5. The number of pyridine rings is 1. The fourth-order valence-corrected chi connectivity index (χ4v) is 2.21. The summed E-state index contributed by atoms with van der Waals surface area (Å²) in [6.07, 6.45) is 4.68. The van der Waals surface area contributed by atoms with Gasteiger partial charge in [0.25, 0.3) is 0 Å². The Labute approximate surface area is 141 Å². The maximum absolute atomic E-state index is 5.72. The van der Waals surface area contributed by atoms with Crippen molar-refractivity contribution in [2.75, 3.05) is 20.3 Å². The molecule has 0 atom stereocenters. The van der Waals surface area contributed by atoms with Gasteiger partial charge in [-0.1, -0.05) is 27.2 Å². The van der Waals surface area contributed by atoms with Crippen molar-refractivity contribution in [3.63, 3.8) is 0 Å². The van der Waals surface area contributed by atoms with Gasteiger partial charge in [-0.15, -0.1) is 0 Å². The number of aromatic nitrogens is 3. The van der Waals surface area contributed by atoms with E-state index in [9.17, 15) is 0 Å². The number of nitrogens with zero attached hydrogens (tertiary/aromatic N) is 2. The second-order valence-corrected chi connectivity index (χ2v) is 4.97. The van der Waals surface area contributed by atoms with Crippen LogP contribution in [-0.2, 0) is 11.2 Å². The molecule has 130 valence electrons. The van der Waals surface area contributed by atoms with Crippen LogP contribution in [0.2, 0.25) is 0 Å². The minimum Gasteiger partial charge on any atom is -0.493 e. The summed E-state index contributed by atoms with van der Waals surface area (Å²) in [7, 11) is 1.69. The Morgan fingerprint density at radius 2 is 2.04 bits per heavy atom. The van der Waals surface area contributed by atoms with Crippen LogP contribution in [0.3, 0.4) is 0 Å². The van der Waals surface area contributed by atoms with E-state index in [-0.39, 0.29) is 1.43 Å². The fourth-order valence-electron chi connectivity index (χ4n) is 2.21. The third-order valence-electron chi connectivity index (χ3n) is 3.13. The molecule has 0 aliphatic carbocycles. The molecule has 2 heterocycles. The lowest BCUT2D eigenvalue weighted by Crippen LogP contribution is -2.01. The Morgan fingerprint density at radius 1 is 1.26 bits per heavy atom. The molecule has 1 N–H and O–H groups in total. The number of ether oxygens (including phenoxy) is 2. The number of hydrogen-bond donors (Lipinski definition) is 1. The Hall–Kier alpha value is -1.88. The topological polar surface area (TPSA) is 60.0 Å². The lowest BCUT2D eigenvalue weighted by atomic mass is 10.1. The molecule has 2 aromatic heterocycles. The summed E-state index contributed by atoms with van der Waals surface area (Å²) in [4.78, 5) is 12.3. The third-order valence-corrected chi connectivity index (χ3v) is 3.13. The van der Waals surface area contributed by atoms with Gasteiger partial charge in [0.15, 0.2) is 0 Å². The van der Waals surface area contributed by atoms with E-state index in [1.165, 1.54) is 0 Å². The Balaban J connectivity index is 0.00000170. The number of hydrogen-bond acceptors (Lipinski definition) is 4. The summed E-state index contributed by atoms with van der Waals surface area (Å²) >= 11 is 0. The Morgan fingerprint density at radius 3 is 2.74 bits per heavy atom. The molecule has 0 aliphatic rings. The smallest absolute Gasteiger partial charge is 0.123 e. The van der Waals surface area contributed by atoms with Crippen molar-refractivity contribution in [2.45, 2.75) is 47.0 Å². The normalized spacial score (nSPS) is 10.1. The molecule has 2 rings (SSSR count). The number of aryl methyl sites for hydroxylation is 2. The monoisotopic (exact) mass is 321 g/mol. The largest absolute Gasteiger partial charge is 0.493 e. The quantitative estimate of drug-likeness (QED) is 0.731. The molecule has 0 fully saturated rings. The van der Waals surface area contributed by atoms with Gasteiger partial charge >= 0.3 is 0 Å². The first kappa shape index (κ1) is 19.2. The first-order valence-electron chi connectivity index (χ1n) is 8.38. The van der Waals surface area contributed by atoms with E-state index in [1.54, 1.807) is 13.3 Å². The van der Waals surface area contributed by atoms with Crippen molar-refractivity contribution >= 4 is 0 Å². The molecule has 2 aromatic rings. The standard InChI is InChI=1S/C16H23N3O2.C2H6.H2/c1-4-6-14-16(19-12(2)18-14)15-11-13(7-8-17-15)21-10-5-9-20-3;1-2;/h7-8,11H,4-6,9-10H2,1-3H3,(H,18,19);1-2H3;1H. The number of imidazole rings is 1. The molecule has 5 nitrogen and oxygen atoms in total. The van der Waals surface area contributed by atoms with E-state index in [0.29, 0.717) is 13.2 Å². The average molecular weight is 321 g/mol. The van der Waals surface area contributed by atoms with Crippen LogP contribution in [-0.4, -0.2) is 35.3 Å². The zero-order valence-electron chi connectivity index (χ0n) is 15.0. The van der Waals surface area contributed by atoms with E-state index in [2.05, 4.69) is 21.9 Å². The molecular weight excluding hydrogens is 290 g/mol. The lowest BCUT2D eigenvalue weighted by molar-refractivity contribution is 0.172. The summed E-state index contributed by atoms with van der Waals surface area (Å²) in [5.41, 5.74) is 2.92. The molecule has 0 spiro atoms. The second-order valence-electron chi connectivity index (χ2n) is 4.97. The predicted octanol–water partition coefficient (Wildman–Crippen LogP) is 4.42. The van der Waals surface area contributed by atoms with Crippen molar-refractivity contribution in [3.05, 3.63) is 29.8 Å². The molecule has 23 heavy (non-hydrogen) atoms. The SMILES string of the molecule is CC.CCCc1[nH]c(C)nc1-c1cc(OCCCOC)ccn1.[HH]. The van der Waals surface area contributed by atoms with E-state index >= 15 is 0 Å². The molecule has 0 amide bonds. The van der Waals surface area contributed by atoms with Gasteiger partial charge in [0.2, 0.25) is 0 Å². The number of aromatic amines is 1. The average Bonchev–Trinajstić information content (AvgIpc) is 2.95. The number of H-pyrrole nitrogens is 1. The van der Waals surface area contributed by atoms with Crippen LogP contribution in [0, 0.1) is 6.92 Å². The summed E-state index contributed by atoms with van der Waals surface area (Å²) in [6.45, 7) is 9.46. The van der Waals surface area contributed by atoms with Crippen molar-refractivity contribution in [2.24, 2.45) is 0 Å². The molecule has 0 saturated carbocycles. The van der Waals surface area contributed by atoms with Crippen LogP contribution in [0.25, 0.3) is 11.4 Å². The molecule has 0 saturated heterocycles. The van der Waals surface area contributed by atoms with Crippen molar-refractivity contribution in [1.82, 2.24) is 15.0 Å². The van der Waals surface area contributed by atoms with Crippen molar-refractivity contribution in [3.8, 4) is 17.1 Å². The lowest BCUT2D eigenvalue weighted by Gasteiger charge is -2.07. The Kier molecular flexibility index (Phi) is 8.98.